The molecule has 0 amide bonds. The summed E-state index contributed by atoms with van der Waals surface area (Å²) in [5.74, 6) is 0.741. The molecule has 0 radical (unpaired) electrons. The van der Waals surface area contributed by atoms with Crippen molar-refractivity contribution in [1.29, 1.82) is 0 Å². The van der Waals surface area contributed by atoms with Crippen LogP contribution in [0.3, 0.4) is 0 Å². The second kappa shape index (κ2) is 4.86. The molecule has 8 heteroatoms. The van der Waals surface area contributed by atoms with Crippen LogP contribution in [0, 0.1) is 10.1 Å². The van der Waals surface area contributed by atoms with Gasteiger partial charge in [0.2, 0.25) is 11.8 Å². The average Bonchev–Trinajstić information content (AvgIpc) is 2.70. The number of aromatic nitrogens is 2. The highest BCUT2D eigenvalue weighted by Crippen LogP contribution is 2.41. The minimum atomic E-state index is -0.445. The minimum absolute atomic E-state index is 0.0720. The van der Waals surface area contributed by atoms with Crippen LogP contribution in [-0.4, -0.2) is 45.2 Å². The molecule has 2 N–H and O–H groups in total. The highest BCUT2D eigenvalue weighted by molar-refractivity contribution is 5.61. The fourth-order valence-corrected chi connectivity index (χ4v) is 3.30. The van der Waals surface area contributed by atoms with Crippen molar-refractivity contribution in [2.75, 3.05) is 17.3 Å². The van der Waals surface area contributed by atoms with Gasteiger partial charge in [-0.25, -0.2) is 4.98 Å². The number of nitrogens with one attached hydrogen (secondary N) is 1. The lowest BCUT2D eigenvalue weighted by atomic mass is 10.00. The van der Waals surface area contributed by atoms with Crippen LogP contribution in [0.25, 0.3) is 0 Å². The molecule has 0 aliphatic carbocycles. The number of nitrogens with zero attached hydrogens (tertiary/aromatic N) is 4. The molecule has 2 unspecified atom stereocenters. The highest BCUT2D eigenvalue weighted by Gasteiger charge is 2.43. The van der Waals surface area contributed by atoms with Gasteiger partial charge in [0.1, 0.15) is 6.20 Å². The predicted molar refractivity (Wildman–Crippen MR) is 72.8 cm³/mol. The first-order chi connectivity index (χ1) is 9.60. The van der Waals surface area contributed by atoms with Crippen LogP contribution in [0.4, 0.5) is 17.5 Å². The molecule has 2 aliphatic heterocycles. The van der Waals surface area contributed by atoms with Crippen LogP contribution in [0.15, 0.2) is 6.20 Å². The fraction of sp³-hybridized carbons (Fsp3) is 0.667. The topological polar surface area (TPSA) is 104 Å². The van der Waals surface area contributed by atoms with Crippen molar-refractivity contribution in [1.82, 2.24) is 9.97 Å². The van der Waals surface area contributed by atoms with E-state index in [0.29, 0.717) is 24.6 Å². The van der Waals surface area contributed by atoms with Crippen LogP contribution in [0.1, 0.15) is 25.7 Å². The molecule has 3 rings (SSSR count). The zero-order valence-corrected chi connectivity index (χ0v) is 11.2. The summed E-state index contributed by atoms with van der Waals surface area (Å²) in [5, 5.41) is 23.8. The molecule has 3 heterocycles. The van der Waals surface area contributed by atoms with Crippen molar-refractivity contribution in [2.45, 2.75) is 43.9 Å². The normalized spacial score (nSPS) is 28.5. The number of fused-ring (bicyclic) bond motifs is 2. The Balaban J connectivity index is 2.02. The number of hydrogen-bond donors (Lipinski definition) is 2. The lowest BCUT2D eigenvalue weighted by Crippen LogP contribution is -2.45. The third-order valence-corrected chi connectivity index (χ3v) is 4.12. The number of aliphatic hydroxyl groups excluding tert-OH is 1. The smallest absolute Gasteiger partial charge is 0.329 e. The van der Waals surface area contributed by atoms with Crippen molar-refractivity contribution in [2.24, 2.45) is 0 Å². The van der Waals surface area contributed by atoms with E-state index in [1.54, 1.807) is 7.05 Å². The molecule has 2 aliphatic rings. The minimum Gasteiger partial charge on any atom is -0.393 e. The molecular weight excluding hydrogens is 262 g/mol. The van der Waals surface area contributed by atoms with Crippen molar-refractivity contribution >= 4 is 17.5 Å². The van der Waals surface area contributed by atoms with Gasteiger partial charge >= 0.3 is 5.69 Å². The number of anilines is 2. The van der Waals surface area contributed by atoms with E-state index in [1.165, 1.54) is 6.20 Å². The van der Waals surface area contributed by atoms with E-state index in [1.807, 2.05) is 4.90 Å². The van der Waals surface area contributed by atoms with Crippen molar-refractivity contribution in [3.63, 3.8) is 0 Å². The van der Waals surface area contributed by atoms with Gasteiger partial charge in [0.15, 0.2) is 0 Å². The number of aliphatic hydroxyl groups is 1. The molecule has 0 spiro atoms. The molecular formula is C12H17N5O3. The van der Waals surface area contributed by atoms with Gasteiger partial charge in [-0.2, -0.15) is 4.98 Å². The van der Waals surface area contributed by atoms with Crippen molar-refractivity contribution in [3.8, 4) is 0 Å². The molecule has 2 bridgehead atoms. The zero-order valence-electron chi connectivity index (χ0n) is 11.2. The average molecular weight is 279 g/mol. The first-order valence-electron chi connectivity index (χ1n) is 6.75. The molecule has 1 aromatic heterocycles. The molecule has 8 nitrogen and oxygen atoms in total. The molecule has 0 aromatic carbocycles. The second-order valence-corrected chi connectivity index (χ2v) is 5.33. The van der Waals surface area contributed by atoms with Gasteiger partial charge in [-0.3, -0.25) is 10.1 Å². The van der Waals surface area contributed by atoms with Gasteiger partial charge in [0, 0.05) is 19.1 Å². The molecule has 108 valence electrons. The predicted octanol–water partition coefficient (Wildman–Crippen LogP) is 0.919. The van der Waals surface area contributed by atoms with E-state index in [9.17, 15) is 15.2 Å². The lowest BCUT2D eigenvalue weighted by molar-refractivity contribution is -0.384. The number of rotatable bonds is 3. The maximum absolute atomic E-state index is 11.2. The summed E-state index contributed by atoms with van der Waals surface area (Å²) in [6, 6.07) is 0.254. The van der Waals surface area contributed by atoms with Crippen LogP contribution < -0.4 is 10.2 Å². The second-order valence-electron chi connectivity index (χ2n) is 5.33. The van der Waals surface area contributed by atoms with Gasteiger partial charge in [0.05, 0.1) is 11.0 Å². The van der Waals surface area contributed by atoms with Gasteiger partial charge in [-0.1, -0.05) is 0 Å². The molecule has 20 heavy (non-hydrogen) atoms. The third kappa shape index (κ3) is 2.05. The van der Waals surface area contributed by atoms with Crippen LogP contribution >= 0.6 is 0 Å². The van der Waals surface area contributed by atoms with Crippen LogP contribution in [0.2, 0.25) is 0 Å². The summed E-state index contributed by atoms with van der Waals surface area (Å²) in [4.78, 5) is 21.0. The van der Waals surface area contributed by atoms with Crippen LogP contribution in [0.5, 0.6) is 0 Å². The Morgan fingerprint density at radius 1 is 1.45 bits per heavy atom. The fourth-order valence-electron chi connectivity index (χ4n) is 3.30. The number of piperidine rings is 1. The maximum atomic E-state index is 11.2. The van der Waals surface area contributed by atoms with Crippen molar-refractivity contribution in [3.05, 3.63) is 16.3 Å². The first kappa shape index (κ1) is 13.0. The Bertz CT molecular complexity index is 524. The Morgan fingerprint density at radius 3 is 2.65 bits per heavy atom. The van der Waals surface area contributed by atoms with E-state index >= 15 is 0 Å². The summed E-state index contributed by atoms with van der Waals surface area (Å²) in [7, 11) is 1.68. The Morgan fingerprint density at radius 2 is 2.10 bits per heavy atom. The number of nitro groups is 1. The van der Waals surface area contributed by atoms with E-state index < -0.39 is 4.92 Å². The van der Waals surface area contributed by atoms with Gasteiger partial charge < -0.3 is 15.3 Å². The molecule has 2 atom stereocenters. The van der Waals surface area contributed by atoms with E-state index in [4.69, 9.17) is 0 Å². The summed E-state index contributed by atoms with van der Waals surface area (Å²) in [6.45, 7) is 0. The Labute approximate surface area is 116 Å². The van der Waals surface area contributed by atoms with Gasteiger partial charge in [0.25, 0.3) is 0 Å². The zero-order chi connectivity index (χ0) is 14.3. The Kier molecular flexibility index (Phi) is 3.17. The molecule has 2 fully saturated rings. The van der Waals surface area contributed by atoms with Crippen molar-refractivity contribution < 1.29 is 10.0 Å². The monoisotopic (exact) mass is 279 g/mol. The molecule has 2 saturated heterocycles. The molecule has 1 aromatic rings. The van der Waals surface area contributed by atoms with Gasteiger partial charge in [-0.05, 0) is 25.7 Å². The van der Waals surface area contributed by atoms with E-state index in [-0.39, 0.29) is 23.9 Å². The molecule has 0 saturated carbocycles. The summed E-state index contributed by atoms with van der Waals surface area (Å²) in [5.41, 5.74) is -0.0720. The summed E-state index contributed by atoms with van der Waals surface area (Å²) >= 11 is 0. The van der Waals surface area contributed by atoms with E-state index in [2.05, 4.69) is 15.3 Å². The quantitative estimate of drug-likeness (QED) is 0.626. The maximum Gasteiger partial charge on any atom is 0.329 e. The van der Waals surface area contributed by atoms with E-state index in [0.717, 1.165) is 12.8 Å². The standard InChI is InChI=1S/C12H17N5O3/c1-13-12-14-6-10(17(19)20)11(15-12)16-7-2-3-8(16)5-9(18)4-7/h6-9,18H,2-5H2,1H3,(H,13,14,15). The van der Waals surface area contributed by atoms with Crippen LogP contribution in [-0.2, 0) is 0 Å². The number of hydrogen-bond acceptors (Lipinski definition) is 7. The van der Waals surface area contributed by atoms with Gasteiger partial charge in [-0.15, -0.1) is 0 Å². The SMILES string of the molecule is CNc1ncc([N+](=O)[O-])c(N2C3CCC2CC(O)C3)n1. The highest BCUT2D eigenvalue weighted by atomic mass is 16.6. The largest absolute Gasteiger partial charge is 0.393 e. The first-order valence-corrected chi connectivity index (χ1v) is 6.75. The summed E-state index contributed by atoms with van der Waals surface area (Å²) in [6.07, 6.45) is 4.11. The third-order valence-electron chi connectivity index (χ3n) is 4.12. The lowest BCUT2D eigenvalue weighted by Gasteiger charge is -2.37. The Hall–Kier alpha value is -1.96. The summed E-state index contributed by atoms with van der Waals surface area (Å²) < 4.78 is 0.